The van der Waals surface area contributed by atoms with Crippen LogP contribution in [0.5, 0.6) is 5.88 Å². The molecule has 1 amide bonds. The second kappa shape index (κ2) is 9.82. The van der Waals surface area contributed by atoms with E-state index in [0.717, 1.165) is 41.8 Å². The quantitative estimate of drug-likeness (QED) is 0.376. The van der Waals surface area contributed by atoms with Gasteiger partial charge in [-0.15, -0.1) is 16.4 Å². The number of halogens is 3. The maximum atomic E-state index is 12.4. The number of carbonyl (C=O) groups is 1. The molecular formula is C22H22Cl3N3O2S. The van der Waals surface area contributed by atoms with E-state index in [-0.39, 0.29) is 18.6 Å². The Morgan fingerprint density at radius 2 is 1.97 bits per heavy atom. The van der Waals surface area contributed by atoms with E-state index in [1.54, 1.807) is 16.8 Å². The minimum absolute atomic E-state index is 0.0443. The first kappa shape index (κ1) is 22.5. The monoisotopic (exact) mass is 497 g/mol. The fraction of sp³-hybridized carbons (Fsp3) is 0.364. The highest BCUT2D eigenvalue weighted by Crippen LogP contribution is 2.39. The lowest BCUT2D eigenvalue weighted by Gasteiger charge is -2.20. The molecule has 9 heteroatoms. The molecule has 1 aliphatic carbocycles. The summed E-state index contributed by atoms with van der Waals surface area (Å²) in [5, 5.41) is 8.54. The standard InChI is InChI=1S/C22H22Cl3N3O2S/c1-13-20(18-9-10-19(25)31-18)28(17-8-7-15(23)11-16(17)24)27-22(13)30-12-26-21(29)14-5-3-2-4-6-14/h7-11,14H,2-6,12H2,1H3,(H,26,29). The highest BCUT2D eigenvalue weighted by molar-refractivity contribution is 7.19. The van der Waals surface area contributed by atoms with Crippen molar-refractivity contribution in [2.45, 2.75) is 39.0 Å². The van der Waals surface area contributed by atoms with Crippen LogP contribution in [0.1, 0.15) is 37.7 Å². The molecule has 1 fully saturated rings. The molecule has 4 rings (SSSR count). The van der Waals surface area contributed by atoms with Crippen LogP contribution in [-0.4, -0.2) is 22.4 Å². The van der Waals surface area contributed by atoms with Gasteiger partial charge in [0.15, 0.2) is 6.73 Å². The first-order chi connectivity index (χ1) is 14.9. The van der Waals surface area contributed by atoms with Crippen molar-refractivity contribution in [2.75, 3.05) is 6.73 Å². The molecule has 31 heavy (non-hydrogen) atoms. The largest absolute Gasteiger partial charge is 0.455 e. The molecule has 0 atom stereocenters. The van der Waals surface area contributed by atoms with Crippen molar-refractivity contribution in [3.05, 3.63) is 50.3 Å². The predicted octanol–water partition coefficient (Wildman–Crippen LogP) is 6.90. The van der Waals surface area contributed by atoms with E-state index < -0.39 is 0 Å². The molecule has 5 nitrogen and oxygen atoms in total. The van der Waals surface area contributed by atoms with E-state index >= 15 is 0 Å². The summed E-state index contributed by atoms with van der Waals surface area (Å²) in [7, 11) is 0. The number of rotatable bonds is 6. The smallest absolute Gasteiger partial charge is 0.238 e. The van der Waals surface area contributed by atoms with Gasteiger partial charge >= 0.3 is 0 Å². The summed E-state index contributed by atoms with van der Waals surface area (Å²) in [6.45, 7) is 1.99. The van der Waals surface area contributed by atoms with Gasteiger partial charge in [-0.2, -0.15) is 0 Å². The van der Waals surface area contributed by atoms with Gasteiger partial charge in [0.1, 0.15) is 0 Å². The first-order valence-electron chi connectivity index (χ1n) is 10.2. The molecule has 2 aromatic heterocycles. The zero-order valence-electron chi connectivity index (χ0n) is 17.0. The third kappa shape index (κ3) is 5.03. The molecule has 3 aromatic rings. The van der Waals surface area contributed by atoms with E-state index in [2.05, 4.69) is 10.4 Å². The molecule has 2 heterocycles. The maximum Gasteiger partial charge on any atom is 0.238 e. The molecule has 1 aromatic carbocycles. The van der Waals surface area contributed by atoms with Crippen LogP contribution in [0.4, 0.5) is 0 Å². The highest BCUT2D eigenvalue weighted by atomic mass is 35.5. The number of nitrogens with zero attached hydrogens (tertiary/aromatic N) is 2. The van der Waals surface area contributed by atoms with Gasteiger partial charge in [0.25, 0.3) is 0 Å². The number of hydrogen-bond donors (Lipinski definition) is 1. The Bertz CT molecular complexity index is 1090. The average Bonchev–Trinajstić information content (AvgIpc) is 3.31. The van der Waals surface area contributed by atoms with Gasteiger partial charge in [-0.05, 0) is 50.1 Å². The Hall–Kier alpha value is -1.73. The zero-order chi connectivity index (χ0) is 22.0. The lowest BCUT2D eigenvalue weighted by molar-refractivity contribution is -0.126. The number of amides is 1. The Labute approximate surface area is 200 Å². The molecule has 0 spiro atoms. The summed E-state index contributed by atoms with van der Waals surface area (Å²) in [5.74, 6) is 0.546. The van der Waals surface area contributed by atoms with Crippen LogP contribution in [0, 0.1) is 12.8 Å². The SMILES string of the molecule is Cc1c(OCNC(=O)C2CCCCC2)nn(-c2ccc(Cl)cc2Cl)c1-c1ccc(Cl)s1. The third-order valence-corrected chi connectivity index (χ3v) is 7.23. The predicted molar refractivity (Wildman–Crippen MR) is 127 cm³/mol. The number of nitrogens with one attached hydrogen (secondary N) is 1. The topological polar surface area (TPSA) is 56.1 Å². The fourth-order valence-corrected chi connectivity index (χ4v) is 5.48. The normalized spacial score (nSPS) is 14.6. The van der Waals surface area contributed by atoms with Crippen LogP contribution in [0.15, 0.2) is 30.3 Å². The number of aromatic nitrogens is 2. The van der Waals surface area contributed by atoms with Crippen molar-refractivity contribution >= 4 is 52.0 Å². The summed E-state index contributed by atoms with van der Waals surface area (Å²) in [4.78, 5) is 13.3. The van der Waals surface area contributed by atoms with Crippen molar-refractivity contribution < 1.29 is 9.53 Å². The number of hydrogen-bond acceptors (Lipinski definition) is 4. The minimum atomic E-state index is 0.0443. The Morgan fingerprint density at radius 3 is 2.65 bits per heavy atom. The molecule has 1 saturated carbocycles. The van der Waals surface area contributed by atoms with Crippen molar-refractivity contribution in [1.29, 1.82) is 0 Å². The lowest BCUT2D eigenvalue weighted by Crippen LogP contribution is -2.34. The van der Waals surface area contributed by atoms with Crippen LogP contribution in [0.25, 0.3) is 16.3 Å². The van der Waals surface area contributed by atoms with Crippen molar-refractivity contribution in [2.24, 2.45) is 5.92 Å². The summed E-state index contributed by atoms with van der Waals surface area (Å²) in [6, 6.07) is 9.02. The van der Waals surface area contributed by atoms with Crippen molar-refractivity contribution in [3.8, 4) is 22.1 Å². The molecule has 1 aliphatic rings. The third-order valence-electron chi connectivity index (χ3n) is 5.45. The van der Waals surface area contributed by atoms with Crippen LogP contribution in [0.3, 0.4) is 0 Å². The molecule has 0 radical (unpaired) electrons. The number of thiophene rings is 1. The molecule has 0 aliphatic heterocycles. The lowest BCUT2D eigenvalue weighted by atomic mass is 9.89. The highest BCUT2D eigenvalue weighted by Gasteiger charge is 2.23. The fourth-order valence-electron chi connectivity index (χ4n) is 3.86. The Morgan fingerprint density at radius 1 is 1.19 bits per heavy atom. The molecule has 164 valence electrons. The van der Waals surface area contributed by atoms with Crippen LogP contribution in [0.2, 0.25) is 14.4 Å². The minimum Gasteiger partial charge on any atom is -0.455 e. The van der Waals surface area contributed by atoms with Gasteiger partial charge in [-0.3, -0.25) is 4.79 Å². The Kier molecular flexibility index (Phi) is 7.12. The number of ether oxygens (including phenoxy) is 1. The van der Waals surface area contributed by atoms with Crippen LogP contribution in [-0.2, 0) is 4.79 Å². The molecule has 0 bridgehead atoms. The average molecular weight is 499 g/mol. The van der Waals surface area contributed by atoms with E-state index in [1.165, 1.54) is 17.8 Å². The second-order valence-corrected chi connectivity index (χ2v) is 10.1. The van der Waals surface area contributed by atoms with Gasteiger partial charge in [-0.1, -0.05) is 54.1 Å². The molecule has 0 unspecified atom stereocenters. The summed E-state index contributed by atoms with van der Waals surface area (Å²) < 4.78 is 8.27. The first-order valence-corrected chi connectivity index (χ1v) is 12.1. The van der Waals surface area contributed by atoms with Gasteiger partial charge in [-0.25, -0.2) is 4.68 Å². The van der Waals surface area contributed by atoms with Gasteiger partial charge in [0.05, 0.1) is 25.6 Å². The van der Waals surface area contributed by atoms with E-state index in [9.17, 15) is 4.79 Å². The molecular weight excluding hydrogens is 477 g/mol. The number of carbonyl (C=O) groups excluding carboxylic acids is 1. The van der Waals surface area contributed by atoms with Gasteiger partial charge < -0.3 is 10.1 Å². The maximum absolute atomic E-state index is 12.4. The van der Waals surface area contributed by atoms with Gasteiger partial charge in [0, 0.05) is 16.5 Å². The van der Waals surface area contributed by atoms with Gasteiger partial charge in [0.2, 0.25) is 11.8 Å². The molecule has 1 N–H and O–H groups in total. The summed E-state index contributed by atoms with van der Waals surface area (Å²) >= 11 is 20.1. The Balaban J connectivity index is 1.60. The molecule has 0 saturated heterocycles. The summed E-state index contributed by atoms with van der Waals surface area (Å²) in [5.41, 5.74) is 2.33. The number of benzene rings is 1. The second-order valence-electron chi connectivity index (χ2n) is 7.55. The van der Waals surface area contributed by atoms with E-state index in [1.807, 2.05) is 25.1 Å². The zero-order valence-corrected chi connectivity index (χ0v) is 20.0. The van der Waals surface area contributed by atoms with Crippen molar-refractivity contribution in [3.63, 3.8) is 0 Å². The van der Waals surface area contributed by atoms with E-state index in [0.29, 0.717) is 25.9 Å². The summed E-state index contributed by atoms with van der Waals surface area (Å²) in [6.07, 6.45) is 5.31. The van der Waals surface area contributed by atoms with E-state index in [4.69, 9.17) is 39.5 Å². The van der Waals surface area contributed by atoms with Crippen LogP contribution < -0.4 is 10.1 Å². The van der Waals surface area contributed by atoms with Crippen molar-refractivity contribution in [1.82, 2.24) is 15.1 Å². The van der Waals surface area contributed by atoms with Crippen LogP contribution >= 0.6 is 46.1 Å².